The Morgan fingerprint density at radius 1 is 0.824 bits per heavy atom. The molecule has 2 bridgehead atoms. The first kappa shape index (κ1) is 12.0. The zero-order valence-corrected chi connectivity index (χ0v) is 11.1. The van der Waals surface area contributed by atoms with Gasteiger partial charge in [-0.05, 0) is 57.7 Å². The normalized spacial score (nSPS) is 38.1. The van der Waals surface area contributed by atoms with Crippen LogP contribution < -0.4 is 0 Å². The van der Waals surface area contributed by atoms with Crippen LogP contribution in [-0.2, 0) is 4.74 Å². The summed E-state index contributed by atoms with van der Waals surface area (Å²) in [6, 6.07) is 0. The number of fused-ring (bicyclic) bond motifs is 3. The van der Waals surface area contributed by atoms with Gasteiger partial charge in [0.15, 0.2) is 0 Å². The van der Waals surface area contributed by atoms with Crippen molar-refractivity contribution < 1.29 is 4.74 Å². The molecule has 1 saturated carbocycles. The highest BCUT2D eigenvalue weighted by Gasteiger charge is 2.38. The fourth-order valence-corrected chi connectivity index (χ4v) is 3.85. The Hall–Kier alpha value is -0.0800. The van der Waals surface area contributed by atoms with Gasteiger partial charge in [-0.15, -0.1) is 0 Å². The number of hydrogen-bond donors (Lipinski definition) is 0. The molecule has 0 amide bonds. The molecule has 0 atom stereocenters. The summed E-state index contributed by atoms with van der Waals surface area (Å²) in [6.07, 6.45) is 11.7. The van der Waals surface area contributed by atoms with Gasteiger partial charge in [0.05, 0.1) is 13.2 Å². The fraction of sp³-hybridized carbons (Fsp3) is 1.00. The average molecular weight is 237 g/mol. The Kier molecular flexibility index (Phi) is 3.72. The molecule has 98 valence electrons. The molecule has 2 heteroatoms. The highest BCUT2D eigenvalue weighted by molar-refractivity contribution is 4.87. The van der Waals surface area contributed by atoms with Crippen LogP contribution in [0.5, 0.6) is 0 Å². The van der Waals surface area contributed by atoms with Crippen molar-refractivity contribution in [2.24, 2.45) is 11.3 Å². The van der Waals surface area contributed by atoms with Crippen molar-refractivity contribution in [2.75, 3.05) is 32.8 Å². The monoisotopic (exact) mass is 237 g/mol. The lowest BCUT2D eigenvalue weighted by Crippen LogP contribution is -2.43. The maximum Gasteiger partial charge on any atom is 0.0544 e. The van der Waals surface area contributed by atoms with E-state index in [2.05, 4.69) is 4.90 Å². The van der Waals surface area contributed by atoms with Gasteiger partial charge in [-0.2, -0.15) is 0 Å². The molecule has 4 aliphatic heterocycles. The Morgan fingerprint density at radius 2 is 1.41 bits per heavy atom. The van der Waals surface area contributed by atoms with E-state index in [9.17, 15) is 0 Å². The Balaban J connectivity index is 0.000000107. The van der Waals surface area contributed by atoms with E-state index < -0.39 is 0 Å². The van der Waals surface area contributed by atoms with E-state index in [1.807, 2.05) is 0 Å². The molecule has 5 rings (SSSR count). The SMILES string of the molecule is C1CCC2(CC1)COC2.C1CN2CCC1CC2. The number of nitrogens with zero attached hydrogens (tertiary/aromatic N) is 1. The number of rotatable bonds is 0. The molecular weight excluding hydrogens is 210 g/mol. The predicted octanol–water partition coefficient (Wildman–Crippen LogP) is 3.07. The van der Waals surface area contributed by atoms with Gasteiger partial charge in [0.2, 0.25) is 0 Å². The Morgan fingerprint density at radius 3 is 1.65 bits per heavy atom. The van der Waals surface area contributed by atoms with Gasteiger partial charge >= 0.3 is 0 Å². The first-order valence-electron chi connectivity index (χ1n) is 7.66. The van der Waals surface area contributed by atoms with E-state index in [0.29, 0.717) is 5.41 Å². The summed E-state index contributed by atoms with van der Waals surface area (Å²) in [7, 11) is 0. The van der Waals surface area contributed by atoms with Gasteiger partial charge in [0.1, 0.15) is 0 Å². The topological polar surface area (TPSA) is 12.5 Å². The lowest BCUT2D eigenvalue weighted by molar-refractivity contribution is -0.130. The maximum atomic E-state index is 5.22. The van der Waals surface area contributed by atoms with Gasteiger partial charge in [-0.3, -0.25) is 0 Å². The molecule has 2 nitrogen and oxygen atoms in total. The van der Waals surface area contributed by atoms with Crippen LogP contribution in [-0.4, -0.2) is 37.7 Å². The Bertz CT molecular complexity index is 210. The van der Waals surface area contributed by atoms with Crippen LogP contribution in [0.2, 0.25) is 0 Å². The molecule has 4 saturated heterocycles. The third-order valence-corrected chi connectivity index (χ3v) is 5.29. The van der Waals surface area contributed by atoms with Crippen molar-refractivity contribution in [3.05, 3.63) is 0 Å². The van der Waals surface area contributed by atoms with Crippen LogP contribution in [0.25, 0.3) is 0 Å². The molecule has 17 heavy (non-hydrogen) atoms. The maximum absolute atomic E-state index is 5.22. The minimum absolute atomic E-state index is 0.679. The smallest absolute Gasteiger partial charge is 0.0544 e. The standard InChI is InChI=1S/C8H14O.C7H13N/c1-2-4-8(5-3-1)6-9-7-8;1-4-8-5-2-7(1)3-6-8/h1-7H2;7H,1-6H2. The van der Waals surface area contributed by atoms with Crippen LogP contribution in [0, 0.1) is 11.3 Å². The second kappa shape index (κ2) is 5.27. The van der Waals surface area contributed by atoms with Crippen molar-refractivity contribution >= 4 is 0 Å². The van der Waals surface area contributed by atoms with E-state index >= 15 is 0 Å². The molecule has 0 aromatic heterocycles. The summed E-state index contributed by atoms with van der Waals surface area (Å²) in [5, 5.41) is 0. The highest BCUT2D eigenvalue weighted by atomic mass is 16.5. The second-order valence-electron chi connectivity index (χ2n) is 6.63. The van der Waals surface area contributed by atoms with Gasteiger partial charge < -0.3 is 9.64 Å². The molecule has 5 aliphatic rings. The molecule has 0 unspecified atom stereocenters. The van der Waals surface area contributed by atoms with Crippen LogP contribution in [0.3, 0.4) is 0 Å². The van der Waals surface area contributed by atoms with Crippen molar-refractivity contribution in [2.45, 2.75) is 51.4 Å². The van der Waals surface area contributed by atoms with E-state index in [0.717, 1.165) is 19.1 Å². The van der Waals surface area contributed by atoms with Crippen molar-refractivity contribution in [1.82, 2.24) is 4.90 Å². The molecule has 1 aliphatic carbocycles. The molecule has 1 spiro atoms. The number of ether oxygens (including phenoxy) is 1. The van der Waals surface area contributed by atoms with Gasteiger partial charge in [-0.25, -0.2) is 0 Å². The largest absolute Gasteiger partial charge is 0.380 e. The van der Waals surface area contributed by atoms with Gasteiger partial charge in [0, 0.05) is 5.41 Å². The zero-order valence-electron chi connectivity index (χ0n) is 11.1. The summed E-state index contributed by atoms with van der Waals surface area (Å²) in [5.41, 5.74) is 0.679. The van der Waals surface area contributed by atoms with Crippen molar-refractivity contribution in [3.8, 4) is 0 Å². The third-order valence-electron chi connectivity index (χ3n) is 5.29. The third kappa shape index (κ3) is 2.85. The van der Waals surface area contributed by atoms with E-state index in [4.69, 9.17) is 4.74 Å². The van der Waals surface area contributed by atoms with Crippen LogP contribution in [0.15, 0.2) is 0 Å². The molecule has 0 aromatic rings. The minimum atomic E-state index is 0.679. The summed E-state index contributed by atoms with van der Waals surface area (Å²) < 4.78 is 5.22. The first-order chi connectivity index (χ1) is 8.36. The van der Waals surface area contributed by atoms with E-state index in [1.165, 1.54) is 71.0 Å². The molecule has 0 radical (unpaired) electrons. The highest BCUT2D eigenvalue weighted by Crippen LogP contribution is 2.41. The van der Waals surface area contributed by atoms with E-state index in [1.54, 1.807) is 0 Å². The molecule has 0 N–H and O–H groups in total. The van der Waals surface area contributed by atoms with Crippen molar-refractivity contribution in [3.63, 3.8) is 0 Å². The lowest BCUT2D eigenvalue weighted by atomic mass is 9.73. The van der Waals surface area contributed by atoms with Gasteiger partial charge in [-0.1, -0.05) is 19.3 Å². The molecule has 4 heterocycles. The average Bonchev–Trinajstić information content (AvgIpc) is 2.41. The van der Waals surface area contributed by atoms with E-state index in [-0.39, 0.29) is 0 Å². The predicted molar refractivity (Wildman–Crippen MR) is 70.1 cm³/mol. The molecule has 0 aromatic carbocycles. The fourth-order valence-electron chi connectivity index (χ4n) is 3.85. The molecular formula is C15H27NO. The summed E-state index contributed by atoms with van der Waals surface area (Å²) >= 11 is 0. The molecule has 5 fully saturated rings. The minimum Gasteiger partial charge on any atom is -0.380 e. The second-order valence-corrected chi connectivity index (χ2v) is 6.63. The lowest BCUT2D eigenvalue weighted by Gasteiger charge is -2.44. The van der Waals surface area contributed by atoms with Gasteiger partial charge in [0.25, 0.3) is 0 Å². The summed E-state index contributed by atoms with van der Waals surface area (Å²) in [4.78, 5) is 2.58. The van der Waals surface area contributed by atoms with Crippen LogP contribution >= 0.6 is 0 Å². The van der Waals surface area contributed by atoms with Crippen molar-refractivity contribution in [1.29, 1.82) is 0 Å². The quantitative estimate of drug-likeness (QED) is 0.642. The zero-order chi connectivity index (χ0) is 11.6. The van der Waals surface area contributed by atoms with Crippen LogP contribution in [0.1, 0.15) is 51.4 Å². The van der Waals surface area contributed by atoms with Crippen LogP contribution in [0.4, 0.5) is 0 Å². The number of hydrogen-bond acceptors (Lipinski definition) is 2. The first-order valence-corrected chi connectivity index (χ1v) is 7.66. The Labute approximate surface area is 106 Å². The summed E-state index contributed by atoms with van der Waals surface area (Å²) in [6.45, 7) is 6.31. The summed E-state index contributed by atoms with van der Waals surface area (Å²) in [5.74, 6) is 1.11. The number of piperidine rings is 3.